The topological polar surface area (TPSA) is 42.7 Å². The first-order chi connectivity index (χ1) is 10.2. The molecule has 112 valence electrons. The quantitative estimate of drug-likeness (QED) is 0.915. The molecule has 1 N–H and O–H groups in total. The van der Waals surface area contributed by atoms with E-state index < -0.39 is 0 Å². The number of hydrogen-bond donors (Lipinski definition) is 1. The van der Waals surface area contributed by atoms with Crippen LogP contribution in [0.15, 0.2) is 30.5 Å². The van der Waals surface area contributed by atoms with Crippen LogP contribution in [0.1, 0.15) is 36.6 Å². The van der Waals surface area contributed by atoms with Crippen LogP contribution in [0.4, 0.5) is 0 Å². The summed E-state index contributed by atoms with van der Waals surface area (Å²) in [6, 6.07) is 8.92. The van der Waals surface area contributed by atoms with Gasteiger partial charge in [0.05, 0.1) is 5.69 Å². The van der Waals surface area contributed by atoms with Crippen LogP contribution in [0.25, 0.3) is 0 Å². The lowest BCUT2D eigenvalue weighted by Gasteiger charge is -2.39. The van der Waals surface area contributed by atoms with E-state index in [1.165, 1.54) is 30.4 Å². The van der Waals surface area contributed by atoms with Gasteiger partial charge in [0.25, 0.3) is 0 Å². The Balaban J connectivity index is 1.97. The smallest absolute Gasteiger partial charge is 0.0836 e. The standard InChI is InChI=1S/C17H24N4/c1-3-18-13-17(11-15-12-21(2)20-19-15)10-6-8-14-7-4-5-9-16(14)17/h4-5,7,9,12,18H,3,6,8,10-11,13H2,1-2H3. The predicted octanol–water partition coefficient (Wildman–Crippen LogP) is 2.24. The molecule has 1 aromatic heterocycles. The fourth-order valence-electron chi connectivity index (χ4n) is 3.62. The molecule has 1 aliphatic carbocycles. The van der Waals surface area contributed by atoms with E-state index in [0.29, 0.717) is 0 Å². The normalized spacial score (nSPS) is 21.2. The molecule has 4 heteroatoms. The number of nitrogens with zero attached hydrogens (tertiary/aromatic N) is 3. The Morgan fingerprint density at radius 3 is 2.95 bits per heavy atom. The Morgan fingerprint density at radius 1 is 1.33 bits per heavy atom. The van der Waals surface area contributed by atoms with E-state index in [-0.39, 0.29) is 5.41 Å². The van der Waals surface area contributed by atoms with Crippen molar-refractivity contribution in [2.24, 2.45) is 7.05 Å². The van der Waals surface area contributed by atoms with Crippen LogP contribution < -0.4 is 5.32 Å². The number of likely N-dealkylation sites (N-methyl/N-ethyl adjacent to an activating group) is 1. The molecule has 1 atom stereocenters. The maximum atomic E-state index is 4.32. The van der Waals surface area contributed by atoms with Gasteiger partial charge in [-0.2, -0.15) is 0 Å². The molecule has 2 aromatic rings. The van der Waals surface area contributed by atoms with Gasteiger partial charge in [0, 0.05) is 31.6 Å². The van der Waals surface area contributed by atoms with Crippen LogP contribution in [0, 0.1) is 0 Å². The zero-order valence-electron chi connectivity index (χ0n) is 13.0. The summed E-state index contributed by atoms with van der Waals surface area (Å²) in [5.41, 5.74) is 4.25. The van der Waals surface area contributed by atoms with Crippen LogP contribution >= 0.6 is 0 Å². The SMILES string of the molecule is CCNCC1(Cc2cn(C)nn2)CCCc2ccccc21. The molecule has 0 spiro atoms. The van der Waals surface area contributed by atoms with Crippen molar-refractivity contribution >= 4 is 0 Å². The van der Waals surface area contributed by atoms with E-state index >= 15 is 0 Å². The summed E-state index contributed by atoms with van der Waals surface area (Å²) in [6.07, 6.45) is 6.68. The maximum Gasteiger partial charge on any atom is 0.0836 e. The van der Waals surface area contributed by atoms with Crippen molar-refractivity contribution in [2.45, 2.75) is 38.0 Å². The number of benzene rings is 1. The molecule has 3 rings (SSSR count). The molecule has 0 aliphatic heterocycles. The van der Waals surface area contributed by atoms with E-state index in [2.05, 4.69) is 46.8 Å². The van der Waals surface area contributed by atoms with E-state index in [1.807, 2.05) is 13.2 Å². The van der Waals surface area contributed by atoms with Gasteiger partial charge < -0.3 is 5.32 Å². The van der Waals surface area contributed by atoms with Crippen LogP contribution in [-0.4, -0.2) is 28.1 Å². The first-order valence-corrected chi connectivity index (χ1v) is 7.88. The number of fused-ring (bicyclic) bond motifs is 1. The van der Waals surface area contributed by atoms with Gasteiger partial charge in [0.15, 0.2) is 0 Å². The van der Waals surface area contributed by atoms with E-state index in [9.17, 15) is 0 Å². The third-order valence-electron chi connectivity index (χ3n) is 4.57. The van der Waals surface area contributed by atoms with Gasteiger partial charge in [-0.25, -0.2) is 0 Å². The van der Waals surface area contributed by atoms with Crippen LogP contribution in [0.5, 0.6) is 0 Å². The van der Waals surface area contributed by atoms with Gasteiger partial charge in [0.2, 0.25) is 0 Å². The van der Waals surface area contributed by atoms with Crippen molar-refractivity contribution in [2.75, 3.05) is 13.1 Å². The monoisotopic (exact) mass is 284 g/mol. The zero-order chi connectivity index (χ0) is 14.7. The molecule has 1 unspecified atom stereocenters. The Bertz CT molecular complexity index is 604. The van der Waals surface area contributed by atoms with Gasteiger partial charge in [0.1, 0.15) is 0 Å². The molecule has 4 nitrogen and oxygen atoms in total. The number of hydrogen-bond acceptors (Lipinski definition) is 3. The minimum Gasteiger partial charge on any atom is -0.316 e. The van der Waals surface area contributed by atoms with E-state index in [0.717, 1.165) is 25.2 Å². The minimum atomic E-state index is 0.154. The second-order valence-electron chi connectivity index (χ2n) is 6.13. The van der Waals surface area contributed by atoms with Gasteiger partial charge in [-0.1, -0.05) is 36.4 Å². The molecular formula is C17H24N4. The molecule has 0 bridgehead atoms. The van der Waals surface area contributed by atoms with Gasteiger partial charge >= 0.3 is 0 Å². The van der Waals surface area contributed by atoms with Crippen molar-refractivity contribution in [1.29, 1.82) is 0 Å². The number of rotatable bonds is 5. The highest BCUT2D eigenvalue weighted by Crippen LogP contribution is 2.39. The van der Waals surface area contributed by atoms with Crippen LogP contribution in [0.3, 0.4) is 0 Å². The first kappa shape index (κ1) is 14.3. The van der Waals surface area contributed by atoms with Crippen LogP contribution in [0.2, 0.25) is 0 Å². The fourth-order valence-corrected chi connectivity index (χ4v) is 3.62. The third-order valence-corrected chi connectivity index (χ3v) is 4.57. The largest absolute Gasteiger partial charge is 0.316 e. The van der Waals surface area contributed by atoms with Gasteiger partial charge in [-0.15, -0.1) is 5.10 Å². The maximum absolute atomic E-state index is 4.32. The van der Waals surface area contributed by atoms with Crippen molar-refractivity contribution in [1.82, 2.24) is 20.3 Å². The summed E-state index contributed by atoms with van der Waals surface area (Å²) in [5.74, 6) is 0. The van der Waals surface area contributed by atoms with E-state index in [4.69, 9.17) is 0 Å². The van der Waals surface area contributed by atoms with Crippen molar-refractivity contribution in [3.8, 4) is 0 Å². The molecule has 0 saturated carbocycles. The highest BCUT2D eigenvalue weighted by molar-refractivity contribution is 5.38. The third kappa shape index (κ3) is 2.86. The van der Waals surface area contributed by atoms with Gasteiger partial charge in [-0.3, -0.25) is 4.68 Å². The summed E-state index contributed by atoms with van der Waals surface area (Å²) in [4.78, 5) is 0. The first-order valence-electron chi connectivity index (χ1n) is 7.88. The summed E-state index contributed by atoms with van der Waals surface area (Å²) in [5, 5.41) is 12.0. The Kier molecular flexibility index (Phi) is 4.06. The molecular weight excluding hydrogens is 260 g/mol. The molecule has 1 aromatic carbocycles. The van der Waals surface area contributed by atoms with Crippen molar-refractivity contribution in [3.63, 3.8) is 0 Å². The summed E-state index contributed by atoms with van der Waals surface area (Å²) < 4.78 is 1.80. The highest BCUT2D eigenvalue weighted by atomic mass is 15.4. The summed E-state index contributed by atoms with van der Waals surface area (Å²) in [7, 11) is 1.93. The molecule has 21 heavy (non-hydrogen) atoms. The predicted molar refractivity (Wildman–Crippen MR) is 84.3 cm³/mol. The molecule has 1 aliphatic rings. The zero-order valence-corrected chi connectivity index (χ0v) is 13.0. The average molecular weight is 284 g/mol. The van der Waals surface area contributed by atoms with Crippen LogP contribution in [-0.2, 0) is 25.3 Å². The fraction of sp³-hybridized carbons (Fsp3) is 0.529. The Labute approximate surface area is 126 Å². The molecule has 1 heterocycles. The Hall–Kier alpha value is -1.68. The second-order valence-corrected chi connectivity index (χ2v) is 6.13. The molecule has 0 fully saturated rings. The summed E-state index contributed by atoms with van der Waals surface area (Å²) >= 11 is 0. The number of nitrogens with one attached hydrogen (secondary N) is 1. The number of aromatic nitrogens is 3. The summed E-state index contributed by atoms with van der Waals surface area (Å²) in [6.45, 7) is 4.19. The molecule has 0 saturated heterocycles. The van der Waals surface area contributed by atoms with E-state index in [1.54, 1.807) is 4.68 Å². The van der Waals surface area contributed by atoms with Crippen molar-refractivity contribution < 1.29 is 0 Å². The molecule has 0 radical (unpaired) electrons. The molecule has 0 amide bonds. The lowest BCUT2D eigenvalue weighted by Crippen LogP contribution is -2.42. The highest BCUT2D eigenvalue weighted by Gasteiger charge is 2.36. The minimum absolute atomic E-state index is 0.154. The lowest BCUT2D eigenvalue weighted by molar-refractivity contribution is 0.336. The van der Waals surface area contributed by atoms with Gasteiger partial charge in [-0.05, 0) is 36.9 Å². The Morgan fingerprint density at radius 2 is 2.19 bits per heavy atom. The number of aryl methyl sites for hydroxylation is 2. The second kappa shape index (κ2) is 5.98. The average Bonchev–Trinajstić information content (AvgIpc) is 2.91. The lowest BCUT2D eigenvalue weighted by atomic mass is 9.67. The van der Waals surface area contributed by atoms with Crippen molar-refractivity contribution in [3.05, 3.63) is 47.3 Å².